The smallest absolute Gasteiger partial charge is 0.306 e. The predicted octanol–water partition coefficient (Wildman–Crippen LogP) is 4.07. The van der Waals surface area contributed by atoms with E-state index in [0.717, 1.165) is 0 Å². The fourth-order valence-corrected chi connectivity index (χ4v) is 3.11. The van der Waals surface area contributed by atoms with Crippen molar-refractivity contribution in [3.05, 3.63) is 35.4 Å². The molecule has 190 valence electrons. The van der Waals surface area contributed by atoms with Crippen molar-refractivity contribution in [3.63, 3.8) is 0 Å². The van der Waals surface area contributed by atoms with Gasteiger partial charge in [-0.15, -0.1) is 0 Å². The van der Waals surface area contributed by atoms with Crippen LogP contribution in [0.5, 0.6) is 0 Å². The molecule has 0 aromatic heterocycles. The number of hydrogen-bond donors (Lipinski definition) is 0. The lowest BCUT2D eigenvalue weighted by Gasteiger charge is -2.21. The second-order valence-electron chi connectivity index (χ2n) is 10.4. The van der Waals surface area contributed by atoms with Crippen molar-refractivity contribution in [1.82, 2.24) is 9.80 Å². The zero-order valence-electron chi connectivity index (χ0n) is 21.9. The summed E-state index contributed by atoms with van der Waals surface area (Å²) in [5, 5.41) is 0. The van der Waals surface area contributed by atoms with E-state index < -0.39 is 11.2 Å². The molecular weight excluding hydrogens is 436 g/mol. The number of amides is 2. The summed E-state index contributed by atoms with van der Waals surface area (Å²) in [4.78, 5) is 52.0. The first-order chi connectivity index (χ1) is 15.6. The number of carbonyl (C=O) groups is 4. The van der Waals surface area contributed by atoms with Crippen LogP contribution in [0.1, 0.15) is 87.9 Å². The van der Waals surface area contributed by atoms with E-state index in [4.69, 9.17) is 9.47 Å². The lowest BCUT2D eigenvalue weighted by Crippen LogP contribution is -2.30. The summed E-state index contributed by atoms with van der Waals surface area (Å²) < 4.78 is 10.5. The van der Waals surface area contributed by atoms with E-state index in [1.54, 1.807) is 48.2 Å². The molecule has 8 nitrogen and oxygen atoms in total. The molecule has 1 rings (SSSR count). The van der Waals surface area contributed by atoms with Gasteiger partial charge < -0.3 is 19.3 Å². The number of rotatable bonds is 10. The molecule has 0 radical (unpaired) electrons. The van der Waals surface area contributed by atoms with Crippen LogP contribution in [0, 0.1) is 0 Å². The van der Waals surface area contributed by atoms with Crippen molar-refractivity contribution >= 4 is 23.8 Å². The zero-order valence-corrected chi connectivity index (χ0v) is 21.9. The van der Waals surface area contributed by atoms with Gasteiger partial charge in [0.25, 0.3) is 11.8 Å². The quantitative estimate of drug-likeness (QED) is 0.473. The fraction of sp³-hybridized carbons (Fsp3) is 0.615. The number of esters is 2. The Morgan fingerprint density at radius 1 is 0.647 bits per heavy atom. The van der Waals surface area contributed by atoms with E-state index in [1.807, 2.05) is 41.5 Å². The van der Waals surface area contributed by atoms with Crippen LogP contribution in [0.25, 0.3) is 0 Å². The number of benzene rings is 1. The molecule has 0 bridgehead atoms. The van der Waals surface area contributed by atoms with Gasteiger partial charge in [-0.25, -0.2) is 0 Å². The molecule has 2 amide bonds. The van der Waals surface area contributed by atoms with E-state index in [9.17, 15) is 19.2 Å². The third-order valence-electron chi connectivity index (χ3n) is 4.66. The summed E-state index contributed by atoms with van der Waals surface area (Å²) in [6.07, 6.45) is 1.48. The fourth-order valence-electron chi connectivity index (χ4n) is 3.11. The van der Waals surface area contributed by atoms with Crippen molar-refractivity contribution in [2.75, 3.05) is 27.2 Å². The van der Waals surface area contributed by atoms with Crippen LogP contribution in [0.4, 0.5) is 0 Å². The van der Waals surface area contributed by atoms with Gasteiger partial charge in [0.1, 0.15) is 11.2 Å². The molecule has 0 saturated heterocycles. The van der Waals surface area contributed by atoms with Gasteiger partial charge in [-0.1, -0.05) is 0 Å². The van der Waals surface area contributed by atoms with Crippen molar-refractivity contribution < 1.29 is 28.7 Å². The third-order valence-corrected chi connectivity index (χ3v) is 4.66. The van der Waals surface area contributed by atoms with Gasteiger partial charge in [-0.2, -0.15) is 0 Å². The predicted molar refractivity (Wildman–Crippen MR) is 131 cm³/mol. The van der Waals surface area contributed by atoms with Crippen molar-refractivity contribution in [2.45, 2.75) is 78.4 Å². The number of hydrogen-bond acceptors (Lipinski definition) is 6. The zero-order chi connectivity index (χ0) is 26.1. The van der Waals surface area contributed by atoms with Crippen LogP contribution < -0.4 is 0 Å². The SMILES string of the molecule is CN(CCCC(=O)OC(C)(C)C)C(=O)c1ccc(C(=O)N(C)CCCC(=O)OC(C)(C)C)cc1. The standard InChI is InChI=1S/C26H40N2O6/c1-25(2,3)33-21(29)11-9-17-27(7)23(31)19-13-15-20(16-14-19)24(32)28(8)18-10-12-22(30)34-26(4,5)6/h13-16H,9-12,17-18H2,1-8H3. The molecule has 0 unspecified atom stereocenters. The molecule has 0 heterocycles. The third kappa shape index (κ3) is 11.3. The first-order valence-corrected chi connectivity index (χ1v) is 11.6. The van der Waals surface area contributed by atoms with Crippen LogP contribution >= 0.6 is 0 Å². The monoisotopic (exact) mass is 476 g/mol. The lowest BCUT2D eigenvalue weighted by atomic mass is 10.1. The Kier molecular flexibility index (Phi) is 10.7. The minimum Gasteiger partial charge on any atom is -0.460 e. The molecule has 0 aliphatic rings. The number of ether oxygens (including phenoxy) is 2. The first-order valence-electron chi connectivity index (χ1n) is 11.6. The van der Waals surface area contributed by atoms with Gasteiger partial charge in [0.15, 0.2) is 0 Å². The molecule has 0 atom stereocenters. The van der Waals surface area contributed by atoms with Gasteiger partial charge >= 0.3 is 11.9 Å². The molecule has 0 saturated carbocycles. The second kappa shape index (κ2) is 12.5. The summed E-state index contributed by atoms with van der Waals surface area (Å²) in [5.41, 5.74) is -0.123. The van der Waals surface area contributed by atoms with Crippen molar-refractivity contribution in [2.24, 2.45) is 0 Å². The van der Waals surface area contributed by atoms with Crippen molar-refractivity contribution in [1.29, 1.82) is 0 Å². The highest BCUT2D eigenvalue weighted by Gasteiger charge is 2.19. The number of carbonyl (C=O) groups excluding carboxylic acids is 4. The van der Waals surface area contributed by atoms with E-state index >= 15 is 0 Å². The van der Waals surface area contributed by atoms with Gasteiger partial charge in [-0.05, 0) is 78.6 Å². The second-order valence-corrected chi connectivity index (χ2v) is 10.4. The maximum absolute atomic E-state index is 12.6. The summed E-state index contributed by atoms with van der Waals surface area (Å²) in [5.74, 6) is -0.944. The first kappa shape index (κ1) is 29.1. The highest BCUT2D eigenvalue weighted by Crippen LogP contribution is 2.13. The average Bonchev–Trinajstić information content (AvgIpc) is 2.70. The van der Waals surface area contributed by atoms with Crippen molar-refractivity contribution in [3.8, 4) is 0 Å². The lowest BCUT2D eigenvalue weighted by molar-refractivity contribution is -0.156. The molecule has 0 fully saturated rings. The molecule has 1 aromatic carbocycles. The summed E-state index contributed by atoms with van der Waals surface area (Å²) >= 11 is 0. The Hall–Kier alpha value is -2.90. The molecule has 34 heavy (non-hydrogen) atoms. The van der Waals surface area contributed by atoms with Crippen LogP contribution in [0.15, 0.2) is 24.3 Å². The molecule has 0 aliphatic heterocycles. The highest BCUT2D eigenvalue weighted by atomic mass is 16.6. The van der Waals surface area contributed by atoms with E-state index in [2.05, 4.69) is 0 Å². The molecule has 8 heteroatoms. The van der Waals surface area contributed by atoms with Crippen LogP contribution in [0.3, 0.4) is 0 Å². The van der Waals surface area contributed by atoms with E-state index in [-0.39, 0.29) is 36.6 Å². The largest absolute Gasteiger partial charge is 0.460 e. The topological polar surface area (TPSA) is 93.2 Å². The Morgan fingerprint density at radius 2 is 0.941 bits per heavy atom. The minimum absolute atomic E-state index is 0.186. The Balaban J connectivity index is 2.52. The van der Waals surface area contributed by atoms with E-state index in [1.165, 1.54) is 0 Å². The minimum atomic E-state index is -0.524. The maximum atomic E-state index is 12.6. The summed E-state index contributed by atoms with van der Waals surface area (Å²) in [6.45, 7) is 11.7. The molecule has 0 spiro atoms. The van der Waals surface area contributed by atoms with Crippen LogP contribution in [0.2, 0.25) is 0 Å². The van der Waals surface area contributed by atoms with Gasteiger partial charge in [0.05, 0.1) is 0 Å². The van der Waals surface area contributed by atoms with E-state index in [0.29, 0.717) is 37.1 Å². The highest BCUT2D eigenvalue weighted by molar-refractivity contribution is 5.97. The maximum Gasteiger partial charge on any atom is 0.306 e. The summed E-state index contributed by atoms with van der Waals surface area (Å²) in [7, 11) is 3.35. The number of nitrogens with zero attached hydrogens (tertiary/aromatic N) is 2. The summed E-state index contributed by atoms with van der Waals surface area (Å²) in [6, 6.07) is 6.48. The Morgan fingerprint density at radius 3 is 1.21 bits per heavy atom. The Bertz CT molecular complexity index is 779. The van der Waals surface area contributed by atoms with Gasteiger partial charge in [-0.3, -0.25) is 19.2 Å². The van der Waals surface area contributed by atoms with Gasteiger partial charge in [0, 0.05) is 51.2 Å². The van der Waals surface area contributed by atoms with Crippen LogP contribution in [-0.2, 0) is 19.1 Å². The normalized spacial score (nSPS) is 11.5. The molecular formula is C26H40N2O6. The molecule has 0 aliphatic carbocycles. The average molecular weight is 477 g/mol. The molecule has 1 aromatic rings. The molecule has 0 N–H and O–H groups in total. The Labute approximate surface area is 203 Å². The van der Waals surface area contributed by atoms with Crippen LogP contribution in [-0.4, -0.2) is 71.9 Å². The van der Waals surface area contributed by atoms with Gasteiger partial charge in [0.2, 0.25) is 0 Å².